The highest BCUT2D eigenvalue weighted by atomic mass is 16.5. The van der Waals surface area contributed by atoms with E-state index in [1.165, 1.54) is 0 Å². The number of ether oxygens (including phenoxy) is 1. The van der Waals surface area contributed by atoms with Gasteiger partial charge in [-0.15, -0.1) is 0 Å². The van der Waals surface area contributed by atoms with Crippen LogP contribution in [-0.4, -0.2) is 25.7 Å². The van der Waals surface area contributed by atoms with E-state index in [1.54, 1.807) is 13.0 Å². The molecule has 0 aromatic carbocycles. The molecule has 0 amide bonds. The van der Waals surface area contributed by atoms with Crippen molar-refractivity contribution in [2.75, 3.05) is 19.7 Å². The van der Waals surface area contributed by atoms with Gasteiger partial charge in [0, 0.05) is 12.1 Å². The molecule has 0 saturated carbocycles. The molecule has 0 fully saturated rings. The molecule has 1 N–H and O–H groups in total. The Balaban J connectivity index is 3.45. The fourth-order valence-corrected chi connectivity index (χ4v) is 0.624. The molecule has 70 valence electrons. The third-order valence-electron chi connectivity index (χ3n) is 1.52. The summed E-state index contributed by atoms with van der Waals surface area (Å²) in [7, 11) is 0. The normalized spacial score (nSPS) is 11.4. The zero-order valence-corrected chi connectivity index (χ0v) is 8.02. The fraction of sp³-hybridized carbons (Fsp3) is 0.667. The number of hydrogen-bond acceptors (Lipinski definition) is 3. The molecule has 0 rings (SSSR count). The third-order valence-corrected chi connectivity index (χ3v) is 1.52. The Kier molecular flexibility index (Phi) is 6.38. The van der Waals surface area contributed by atoms with E-state index in [2.05, 4.69) is 5.32 Å². The van der Waals surface area contributed by atoms with Crippen LogP contribution in [0.25, 0.3) is 0 Å². The molecule has 3 heteroatoms. The van der Waals surface area contributed by atoms with E-state index in [4.69, 9.17) is 4.74 Å². The molecule has 0 bridgehead atoms. The predicted octanol–water partition coefficient (Wildman–Crippen LogP) is 1.11. The summed E-state index contributed by atoms with van der Waals surface area (Å²) >= 11 is 0. The van der Waals surface area contributed by atoms with Crippen LogP contribution in [0.2, 0.25) is 0 Å². The van der Waals surface area contributed by atoms with Crippen LogP contribution >= 0.6 is 0 Å². The van der Waals surface area contributed by atoms with Crippen LogP contribution in [0.5, 0.6) is 0 Å². The van der Waals surface area contributed by atoms with Crippen molar-refractivity contribution >= 4 is 5.97 Å². The van der Waals surface area contributed by atoms with E-state index in [-0.39, 0.29) is 5.97 Å². The number of allylic oxidation sites excluding steroid dienone is 1. The zero-order chi connectivity index (χ0) is 9.40. The van der Waals surface area contributed by atoms with Gasteiger partial charge in [-0.25, -0.2) is 4.79 Å². The lowest BCUT2D eigenvalue weighted by molar-refractivity contribution is -0.138. The van der Waals surface area contributed by atoms with E-state index in [0.29, 0.717) is 12.2 Å². The van der Waals surface area contributed by atoms with Crippen LogP contribution in [0.15, 0.2) is 11.6 Å². The number of esters is 1. The molecule has 0 saturated heterocycles. The summed E-state index contributed by atoms with van der Waals surface area (Å²) in [5, 5.41) is 3.06. The lowest BCUT2D eigenvalue weighted by atomic mass is 10.3. The maximum Gasteiger partial charge on any atom is 0.333 e. The molecule has 3 nitrogen and oxygen atoms in total. The number of nitrogens with one attached hydrogen (secondary N) is 1. The maximum absolute atomic E-state index is 11.0. The molecular formula is C9H17NO2. The van der Waals surface area contributed by atoms with Gasteiger partial charge >= 0.3 is 5.97 Å². The summed E-state index contributed by atoms with van der Waals surface area (Å²) in [4.78, 5) is 11.0. The summed E-state index contributed by atoms with van der Waals surface area (Å²) in [6.07, 6.45) is 1.75. The van der Waals surface area contributed by atoms with Crippen molar-refractivity contribution in [3.05, 3.63) is 11.6 Å². The first kappa shape index (κ1) is 11.2. The lowest BCUT2D eigenvalue weighted by Crippen LogP contribution is -2.21. The van der Waals surface area contributed by atoms with Gasteiger partial charge in [-0.2, -0.15) is 0 Å². The molecule has 0 aliphatic rings. The quantitative estimate of drug-likeness (QED) is 0.382. The first-order valence-corrected chi connectivity index (χ1v) is 4.23. The Labute approximate surface area is 73.8 Å². The third kappa shape index (κ3) is 4.91. The van der Waals surface area contributed by atoms with Crippen molar-refractivity contribution in [2.24, 2.45) is 0 Å². The van der Waals surface area contributed by atoms with Crippen molar-refractivity contribution in [2.45, 2.75) is 20.8 Å². The van der Waals surface area contributed by atoms with Crippen molar-refractivity contribution < 1.29 is 9.53 Å². The number of carbonyl (C=O) groups excluding carboxylic acids is 1. The van der Waals surface area contributed by atoms with Gasteiger partial charge in [0.2, 0.25) is 0 Å². The van der Waals surface area contributed by atoms with Crippen molar-refractivity contribution in [1.82, 2.24) is 5.32 Å². The molecule has 0 unspecified atom stereocenters. The second kappa shape index (κ2) is 6.85. The molecule has 0 atom stereocenters. The summed E-state index contributed by atoms with van der Waals surface area (Å²) in [5.41, 5.74) is 0.659. The molecule has 0 aromatic heterocycles. The zero-order valence-electron chi connectivity index (χ0n) is 8.02. The van der Waals surface area contributed by atoms with E-state index in [1.807, 2.05) is 13.8 Å². The van der Waals surface area contributed by atoms with E-state index in [9.17, 15) is 4.79 Å². The summed E-state index contributed by atoms with van der Waals surface area (Å²) in [5.74, 6) is -0.226. The smallest absolute Gasteiger partial charge is 0.333 e. The standard InChI is InChI=1S/C9H17NO2/c1-4-8(3)9(11)12-7-6-10-5-2/h4,10H,5-7H2,1-3H3. The van der Waals surface area contributed by atoms with E-state index in [0.717, 1.165) is 13.1 Å². The van der Waals surface area contributed by atoms with Crippen LogP contribution in [-0.2, 0) is 9.53 Å². The second-order valence-electron chi connectivity index (χ2n) is 2.46. The molecule has 12 heavy (non-hydrogen) atoms. The SMILES string of the molecule is CC=C(C)C(=O)OCCNCC. The molecule has 0 aliphatic carbocycles. The highest BCUT2D eigenvalue weighted by Gasteiger charge is 2.02. The summed E-state index contributed by atoms with van der Waals surface area (Å²) in [6.45, 7) is 7.65. The van der Waals surface area contributed by atoms with Crippen LogP contribution < -0.4 is 5.32 Å². The minimum absolute atomic E-state index is 0.226. The van der Waals surface area contributed by atoms with Crippen LogP contribution in [0.3, 0.4) is 0 Å². The van der Waals surface area contributed by atoms with Gasteiger partial charge < -0.3 is 10.1 Å². The monoisotopic (exact) mass is 171 g/mol. The Morgan fingerprint density at radius 3 is 2.75 bits per heavy atom. The van der Waals surface area contributed by atoms with E-state index < -0.39 is 0 Å². The Hall–Kier alpha value is -0.830. The number of hydrogen-bond donors (Lipinski definition) is 1. The minimum atomic E-state index is -0.226. The number of carbonyl (C=O) groups is 1. The largest absolute Gasteiger partial charge is 0.461 e. The summed E-state index contributed by atoms with van der Waals surface area (Å²) in [6, 6.07) is 0. The van der Waals surface area contributed by atoms with Gasteiger partial charge in [-0.05, 0) is 20.4 Å². The highest BCUT2D eigenvalue weighted by molar-refractivity contribution is 5.87. The van der Waals surface area contributed by atoms with E-state index >= 15 is 0 Å². The van der Waals surface area contributed by atoms with Crippen molar-refractivity contribution in [3.8, 4) is 0 Å². The Bertz CT molecular complexity index is 164. The van der Waals surface area contributed by atoms with Crippen LogP contribution in [0, 0.1) is 0 Å². The lowest BCUT2D eigenvalue weighted by Gasteiger charge is -2.04. The maximum atomic E-state index is 11.0. The highest BCUT2D eigenvalue weighted by Crippen LogP contribution is 1.94. The first-order valence-electron chi connectivity index (χ1n) is 4.23. The number of likely N-dealkylation sites (N-methyl/N-ethyl adjacent to an activating group) is 1. The van der Waals surface area contributed by atoms with Gasteiger partial charge in [-0.3, -0.25) is 0 Å². The molecular weight excluding hydrogens is 154 g/mol. The van der Waals surface area contributed by atoms with Gasteiger partial charge in [0.05, 0.1) is 0 Å². The van der Waals surface area contributed by atoms with Crippen molar-refractivity contribution in [1.29, 1.82) is 0 Å². The molecule has 0 heterocycles. The summed E-state index contributed by atoms with van der Waals surface area (Å²) < 4.78 is 4.93. The second-order valence-corrected chi connectivity index (χ2v) is 2.46. The van der Waals surface area contributed by atoms with Crippen LogP contribution in [0.4, 0.5) is 0 Å². The predicted molar refractivity (Wildman–Crippen MR) is 48.9 cm³/mol. The van der Waals surface area contributed by atoms with Crippen molar-refractivity contribution in [3.63, 3.8) is 0 Å². The van der Waals surface area contributed by atoms with Gasteiger partial charge in [-0.1, -0.05) is 13.0 Å². The fourth-order valence-electron chi connectivity index (χ4n) is 0.624. The van der Waals surface area contributed by atoms with Gasteiger partial charge in [0.25, 0.3) is 0 Å². The molecule has 0 radical (unpaired) electrons. The number of rotatable bonds is 5. The average molecular weight is 171 g/mol. The first-order chi connectivity index (χ1) is 5.72. The minimum Gasteiger partial charge on any atom is -0.461 e. The Morgan fingerprint density at radius 1 is 1.58 bits per heavy atom. The van der Waals surface area contributed by atoms with Gasteiger partial charge in [0.15, 0.2) is 0 Å². The molecule has 0 aromatic rings. The van der Waals surface area contributed by atoms with Gasteiger partial charge in [0.1, 0.15) is 6.61 Å². The average Bonchev–Trinajstić information content (AvgIpc) is 2.10. The Morgan fingerprint density at radius 2 is 2.25 bits per heavy atom. The molecule has 0 spiro atoms. The van der Waals surface area contributed by atoms with Crippen LogP contribution in [0.1, 0.15) is 20.8 Å². The topological polar surface area (TPSA) is 38.3 Å². The molecule has 0 aliphatic heterocycles.